The second-order valence-electron chi connectivity index (χ2n) is 2.64. The maximum absolute atomic E-state index is 11.0. The van der Waals surface area contributed by atoms with E-state index in [4.69, 9.17) is 0 Å². The van der Waals surface area contributed by atoms with Gasteiger partial charge < -0.3 is 4.74 Å². The van der Waals surface area contributed by atoms with Gasteiger partial charge in [-0.1, -0.05) is 6.92 Å². The van der Waals surface area contributed by atoms with Crippen LogP contribution in [0.5, 0.6) is 0 Å². The topological polar surface area (TPSA) is 84.5 Å². The number of carbonyl (C=O) groups is 3. The van der Waals surface area contributed by atoms with E-state index < -0.39 is 11.9 Å². The fourth-order valence-electron chi connectivity index (χ4n) is 0.674. The molecule has 2 amide bonds. The van der Waals surface area contributed by atoms with Crippen LogP contribution in [0.15, 0.2) is 12.2 Å². The van der Waals surface area contributed by atoms with E-state index >= 15 is 0 Å². The van der Waals surface area contributed by atoms with Crippen LogP contribution in [0.4, 0.5) is 0 Å². The summed E-state index contributed by atoms with van der Waals surface area (Å²) in [5, 5.41) is 0. The molecule has 84 valence electrons. The molecule has 0 aliphatic heterocycles. The molecule has 0 aliphatic rings. The van der Waals surface area contributed by atoms with Crippen molar-refractivity contribution in [3.8, 4) is 0 Å². The lowest BCUT2D eigenvalue weighted by atomic mass is 10.3. The predicted molar refractivity (Wildman–Crippen MR) is 52.3 cm³/mol. The molecular weight excluding hydrogens is 200 g/mol. The Morgan fingerprint density at radius 1 is 1.20 bits per heavy atom. The molecule has 0 aromatic rings. The maximum atomic E-state index is 11.0. The molecule has 0 unspecified atom stereocenters. The summed E-state index contributed by atoms with van der Waals surface area (Å²) in [4.78, 5) is 32.4. The number of methoxy groups -OCH3 is 1. The van der Waals surface area contributed by atoms with Gasteiger partial charge in [0.05, 0.1) is 7.11 Å². The van der Waals surface area contributed by atoms with Crippen molar-refractivity contribution in [3.63, 3.8) is 0 Å². The Labute approximate surface area is 87.6 Å². The van der Waals surface area contributed by atoms with Gasteiger partial charge in [0.25, 0.3) is 5.91 Å². The molecule has 0 radical (unpaired) electrons. The normalized spacial score (nSPS) is 9.73. The van der Waals surface area contributed by atoms with Gasteiger partial charge in [-0.05, 0) is 6.42 Å². The first-order valence-corrected chi connectivity index (χ1v) is 4.45. The van der Waals surface area contributed by atoms with Crippen LogP contribution >= 0.6 is 0 Å². The van der Waals surface area contributed by atoms with Crippen LogP contribution in [-0.2, 0) is 19.1 Å². The van der Waals surface area contributed by atoms with Crippen LogP contribution in [0.1, 0.15) is 19.8 Å². The smallest absolute Gasteiger partial charge is 0.330 e. The first kappa shape index (κ1) is 13.2. The fourth-order valence-corrected chi connectivity index (χ4v) is 0.674. The number of carbonyl (C=O) groups excluding carboxylic acids is 3. The Kier molecular flexibility index (Phi) is 6.61. The summed E-state index contributed by atoms with van der Waals surface area (Å²) in [5.74, 6) is -1.51. The molecule has 6 heteroatoms. The molecule has 2 N–H and O–H groups in total. The maximum Gasteiger partial charge on any atom is 0.330 e. The first-order chi connectivity index (χ1) is 7.10. The molecule has 0 aliphatic carbocycles. The highest BCUT2D eigenvalue weighted by atomic mass is 16.5. The van der Waals surface area contributed by atoms with Crippen LogP contribution in [0.25, 0.3) is 0 Å². The van der Waals surface area contributed by atoms with Crippen molar-refractivity contribution < 1.29 is 19.1 Å². The number of nitrogens with one attached hydrogen (secondary N) is 2. The summed E-state index contributed by atoms with van der Waals surface area (Å²) in [6.45, 7) is 1.85. The molecule has 0 atom stereocenters. The number of hydrazine groups is 1. The lowest BCUT2D eigenvalue weighted by molar-refractivity contribution is -0.135. The highest BCUT2D eigenvalue weighted by Gasteiger charge is 2.00. The third-order valence-electron chi connectivity index (χ3n) is 1.37. The number of ether oxygens (including phenoxy) is 1. The Balaban J connectivity index is 3.80. The van der Waals surface area contributed by atoms with Crippen LogP contribution in [0.2, 0.25) is 0 Å². The number of rotatable bonds is 4. The van der Waals surface area contributed by atoms with E-state index in [0.29, 0.717) is 12.8 Å². The highest BCUT2D eigenvalue weighted by molar-refractivity contribution is 5.95. The Morgan fingerprint density at radius 2 is 1.87 bits per heavy atom. The van der Waals surface area contributed by atoms with E-state index in [1.54, 1.807) is 0 Å². The standard InChI is InChI=1S/C9H14N2O4/c1-3-4-7(12)10-11-8(13)5-6-9(14)15-2/h5-6H,3-4H2,1-2H3,(H,10,12)(H,11,13)/b6-5+. The molecule has 6 nitrogen and oxygen atoms in total. The van der Waals surface area contributed by atoms with E-state index in [-0.39, 0.29) is 5.91 Å². The molecule has 0 heterocycles. The zero-order valence-corrected chi connectivity index (χ0v) is 8.70. The number of amides is 2. The van der Waals surface area contributed by atoms with Crippen molar-refractivity contribution in [3.05, 3.63) is 12.2 Å². The lowest BCUT2D eigenvalue weighted by Gasteiger charge is -2.03. The Bertz CT molecular complexity index is 273. The SMILES string of the molecule is CCCC(=O)NNC(=O)/C=C/C(=O)OC. The van der Waals surface area contributed by atoms with Crippen molar-refractivity contribution in [2.45, 2.75) is 19.8 Å². The highest BCUT2D eigenvalue weighted by Crippen LogP contribution is 1.83. The average Bonchev–Trinajstić information content (AvgIpc) is 2.23. The lowest BCUT2D eigenvalue weighted by Crippen LogP contribution is -2.40. The summed E-state index contributed by atoms with van der Waals surface area (Å²) in [7, 11) is 1.20. The Hall–Kier alpha value is -1.85. The second-order valence-corrected chi connectivity index (χ2v) is 2.64. The van der Waals surface area contributed by atoms with Gasteiger partial charge in [0.15, 0.2) is 0 Å². The third-order valence-corrected chi connectivity index (χ3v) is 1.37. The molecule has 0 rings (SSSR count). The van der Waals surface area contributed by atoms with E-state index in [1.807, 2.05) is 6.92 Å². The third kappa shape index (κ3) is 7.24. The van der Waals surface area contributed by atoms with E-state index in [0.717, 1.165) is 12.2 Å². The predicted octanol–water partition coefficient (Wildman–Crippen LogP) is -0.337. The molecular formula is C9H14N2O4. The van der Waals surface area contributed by atoms with Gasteiger partial charge >= 0.3 is 5.97 Å². The molecule has 0 aromatic heterocycles. The van der Waals surface area contributed by atoms with Gasteiger partial charge in [0, 0.05) is 18.6 Å². The Morgan fingerprint density at radius 3 is 2.40 bits per heavy atom. The minimum atomic E-state index is -0.634. The summed E-state index contributed by atoms with van der Waals surface area (Å²) >= 11 is 0. The second kappa shape index (κ2) is 7.54. The van der Waals surface area contributed by atoms with Crippen LogP contribution in [0, 0.1) is 0 Å². The average molecular weight is 214 g/mol. The fraction of sp³-hybridized carbons (Fsp3) is 0.444. The quantitative estimate of drug-likeness (QED) is 0.381. The summed E-state index contributed by atoms with van der Waals surface area (Å²) in [5.41, 5.74) is 4.30. The summed E-state index contributed by atoms with van der Waals surface area (Å²) in [6, 6.07) is 0. The van der Waals surface area contributed by atoms with Gasteiger partial charge in [-0.3, -0.25) is 20.4 Å². The zero-order chi connectivity index (χ0) is 11.7. The van der Waals surface area contributed by atoms with Crippen molar-refractivity contribution in [1.82, 2.24) is 10.9 Å². The number of esters is 1. The largest absolute Gasteiger partial charge is 0.466 e. The summed E-state index contributed by atoms with van der Waals surface area (Å²) < 4.78 is 4.27. The first-order valence-electron chi connectivity index (χ1n) is 4.45. The van der Waals surface area contributed by atoms with Gasteiger partial charge in [0.1, 0.15) is 0 Å². The van der Waals surface area contributed by atoms with E-state index in [9.17, 15) is 14.4 Å². The molecule has 15 heavy (non-hydrogen) atoms. The minimum Gasteiger partial charge on any atom is -0.466 e. The van der Waals surface area contributed by atoms with Crippen molar-refractivity contribution in [2.75, 3.05) is 7.11 Å². The van der Waals surface area contributed by atoms with Crippen LogP contribution in [0.3, 0.4) is 0 Å². The van der Waals surface area contributed by atoms with Crippen molar-refractivity contribution >= 4 is 17.8 Å². The minimum absolute atomic E-state index is 0.280. The molecule has 0 fully saturated rings. The monoisotopic (exact) mass is 214 g/mol. The van der Waals surface area contributed by atoms with Gasteiger partial charge in [0.2, 0.25) is 5.91 Å². The summed E-state index contributed by atoms with van der Waals surface area (Å²) in [6.07, 6.45) is 2.96. The number of hydrogen-bond donors (Lipinski definition) is 2. The zero-order valence-electron chi connectivity index (χ0n) is 8.70. The molecule has 0 bridgehead atoms. The van der Waals surface area contributed by atoms with Crippen molar-refractivity contribution in [1.29, 1.82) is 0 Å². The molecule has 0 aromatic carbocycles. The van der Waals surface area contributed by atoms with Crippen LogP contribution in [-0.4, -0.2) is 24.9 Å². The van der Waals surface area contributed by atoms with Gasteiger partial charge in [-0.2, -0.15) is 0 Å². The number of hydrogen-bond acceptors (Lipinski definition) is 4. The van der Waals surface area contributed by atoms with E-state index in [1.165, 1.54) is 7.11 Å². The molecule has 0 saturated heterocycles. The van der Waals surface area contributed by atoms with Gasteiger partial charge in [-0.25, -0.2) is 4.79 Å². The van der Waals surface area contributed by atoms with Crippen molar-refractivity contribution in [2.24, 2.45) is 0 Å². The van der Waals surface area contributed by atoms with Crippen LogP contribution < -0.4 is 10.9 Å². The molecule has 0 spiro atoms. The van der Waals surface area contributed by atoms with Gasteiger partial charge in [-0.15, -0.1) is 0 Å². The molecule has 0 saturated carbocycles. The van der Waals surface area contributed by atoms with E-state index in [2.05, 4.69) is 15.6 Å².